The lowest BCUT2D eigenvalue weighted by Gasteiger charge is -2.37. The quantitative estimate of drug-likeness (QED) is 0.404. The Labute approximate surface area is 237 Å². The van der Waals surface area contributed by atoms with Gasteiger partial charge < -0.3 is 24.1 Å². The van der Waals surface area contributed by atoms with Crippen molar-refractivity contribution >= 4 is 24.4 Å². The van der Waals surface area contributed by atoms with E-state index in [0.29, 0.717) is 12.3 Å². The minimum Gasteiger partial charge on any atom is -0.497 e. The summed E-state index contributed by atoms with van der Waals surface area (Å²) in [6.45, 7) is 0.0753. The van der Waals surface area contributed by atoms with E-state index in [9.17, 15) is 9.90 Å². The van der Waals surface area contributed by atoms with Crippen molar-refractivity contribution in [3.8, 4) is 11.5 Å². The Bertz CT molecular complexity index is 1430. The molecule has 0 radical (unpaired) electrons. The molecule has 1 unspecified atom stereocenters. The number of hydrogen-bond acceptors (Lipinski definition) is 9. The molecule has 3 aliphatic heterocycles. The number of amides is 1. The number of aliphatic hydroxyl groups is 1. The van der Waals surface area contributed by atoms with Gasteiger partial charge in [0.15, 0.2) is 6.04 Å². The number of rotatable bonds is 9. The van der Waals surface area contributed by atoms with Crippen LogP contribution in [-0.2, 0) is 19.9 Å². The second kappa shape index (κ2) is 11.2. The molecular weight excluding hydrogens is 524 g/mol. The summed E-state index contributed by atoms with van der Waals surface area (Å²) in [5, 5.41) is 11.1. The Hall–Kier alpha value is -4.38. The number of aliphatic imine (C=N–C) groups is 3. The van der Waals surface area contributed by atoms with Gasteiger partial charge in [-0.1, -0.05) is 54.6 Å². The molecule has 1 N–H and O–H groups in total. The summed E-state index contributed by atoms with van der Waals surface area (Å²) in [4.78, 5) is 26.0. The number of fused-ring (bicyclic) bond motifs is 1. The van der Waals surface area contributed by atoms with E-state index < -0.39 is 30.1 Å². The van der Waals surface area contributed by atoms with Crippen LogP contribution in [0.5, 0.6) is 11.5 Å². The molecule has 4 atom stereocenters. The number of benzene rings is 3. The molecule has 0 saturated carbocycles. The topological polar surface area (TPSA) is 115 Å². The maximum absolute atomic E-state index is 12.1. The normalized spacial score (nSPS) is 23.4. The molecule has 1 saturated heterocycles. The molecule has 210 valence electrons. The zero-order valence-corrected chi connectivity index (χ0v) is 22.7. The molecule has 0 aromatic heterocycles. The molecule has 0 bridgehead atoms. The summed E-state index contributed by atoms with van der Waals surface area (Å²) < 4.78 is 24.0. The molecule has 41 heavy (non-hydrogen) atoms. The van der Waals surface area contributed by atoms with Crippen molar-refractivity contribution in [1.29, 1.82) is 0 Å². The third-order valence-corrected chi connectivity index (χ3v) is 7.61. The number of ether oxygens (including phenoxy) is 4. The van der Waals surface area contributed by atoms with Gasteiger partial charge >= 0.3 is 0 Å². The second-order valence-electron chi connectivity index (χ2n) is 9.89. The van der Waals surface area contributed by atoms with Crippen molar-refractivity contribution in [3.63, 3.8) is 0 Å². The van der Waals surface area contributed by atoms with Crippen LogP contribution < -0.4 is 9.47 Å². The molecule has 10 heteroatoms. The van der Waals surface area contributed by atoms with E-state index >= 15 is 0 Å². The monoisotopic (exact) mass is 554 g/mol. The summed E-state index contributed by atoms with van der Waals surface area (Å²) in [5.41, 5.74) is 1.62. The Morgan fingerprint density at radius 2 is 1.54 bits per heavy atom. The molecule has 0 aliphatic carbocycles. The zero-order valence-electron chi connectivity index (χ0n) is 22.7. The maximum atomic E-state index is 12.1. The fourth-order valence-electron chi connectivity index (χ4n) is 5.47. The van der Waals surface area contributed by atoms with Gasteiger partial charge in [-0.15, -0.1) is 0 Å². The molecule has 0 spiro atoms. The van der Waals surface area contributed by atoms with Gasteiger partial charge in [-0.05, 0) is 41.0 Å². The van der Waals surface area contributed by atoms with Crippen molar-refractivity contribution in [1.82, 2.24) is 4.90 Å². The van der Waals surface area contributed by atoms with Crippen LogP contribution in [0, 0.1) is 0 Å². The van der Waals surface area contributed by atoms with Gasteiger partial charge in [-0.3, -0.25) is 14.7 Å². The summed E-state index contributed by atoms with van der Waals surface area (Å²) in [5.74, 6) is 1.52. The summed E-state index contributed by atoms with van der Waals surface area (Å²) in [6.07, 6.45) is 1.01. The molecule has 10 nitrogen and oxygen atoms in total. The highest BCUT2D eigenvalue weighted by atomic mass is 16.6. The van der Waals surface area contributed by atoms with Crippen molar-refractivity contribution in [2.24, 2.45) is 15.0 Å². The standard InChI is InChI=1S/C31H30N4O6/c1-38-23-12-8-21(9-13-23)31(20-6-4-3-5-7-20,22-10-14-24(39-2)15-11-22)40-17-26-25(36)16-27(41-26)35-19-34-28-29(35)32-18-33-30(28)37/h3-15,18-19,25-28,36H,16-17H2,1-2H3/t25-,26+,27+,28?/m0/s1. The predicted molar refractivity (Wildman–Crippen MR) is 153 cm³/mol. The number of carbonyl (C=O) groups is 1. The van der Waals surface area contributed by atoms with Crippen LogP contribution in [0.1, 0.15) is 23.1 Å². The van der Waals surface area contributed by atoms with Crippen LogP contribution >= 0.6 is 0 Å². The van der Waals surface area contributed by atoms with Crippen LogP contribution in [0.25, 0.3) is 0 Å². The maximum Gasteiger partial charge on any atom is 0.279 e. The lowest BCUT2D eigenvalue weighted by molar-refractivity contribution is -0.117. The second-order valence-corrected chi connectivity index (χ2v) is 9.89. The smallest absolute Gasteiger partial charge is 0.279 e. The highest BCUT2D eigenvalue weighted by Crippen LogP contribution is 2.42. The molecule has 3 aromatic carbocycles. The van der Waals surface area contributed by atoms with Gasteiger partial charge in [0, 0.05) is 6.42 Å². The molecule has 6 rings (SSSR count). The van der Waals surface area contributed by atoms with Crippen molar-refractivity contribution in [2.75, 3.05) is 20.8 Å². The first kappa shape index (κ1) is 26.8. The molecule has 3 aromatic rings. The van der Waals surface area contributed by atoms with E-state index in [1.54, 1.807) is 19.1 Å². The van der Waals surface area contributed by atoms with Crippen molar-refractivity contribution in [2.45, 2.75) is 36.5 Å². The van der Waals surface area contributed by atoms with Crippen LogP contribution in [0.3, 0.4) is 0 Å². The minimum absolute atomic E-state index is 0.0753. The Morgan fingerprint density at radius 3 is 2.15 bits per heavy atom. The Kier molecular flexibility index (Phi) is 7.36. The average Bonchev–Trinajstić information content (AvgIpc) is 3.62. The number of hydrogen-bond donors (Lipinski definition) is 1. The molecule has 3 heterocycles. The number of amidine groups is 1. The highest BCUT2D eigenvalue weighted by molar-refractivity contribution is 6.19. The van der Waals surface area contributed by atoms with Gasteiger partial charge in [0.1, 0.15) is 41.6 Å². The number of nitrogens with zero attached hydrogens (tertiary/aromatic N) is 4. The zero-order chi connectivity index (χ0) is 28.4. The summed E-state index contributed by atoms with van der Waals surface area (Å²) in [6, 6.07) is 24.7. The largest absolute Gasteiger partial charge is 0.497 e. The van der Waals surface area contributed by atoms with Crippen LogP contribution in [0.2, 0.25) is 0 Å². The lowest BCUT2D eigenvalue weighted by Crippen LogP contribution is -2.43. The molecule has 1 amide bonds. The first-order valence-electron chi connectivity index (χ1n) is 13.3. The van der Waals surface area contributed by atoms with Gasteiger partial charge in [0.2, 0.25) is 0 Å². The van der Waals surface area contributed by atoms with E-state index in [1.165, 1.54) is 12.7 Å². The van der Waals surface area contributed by atoms with Gasteiger partial charge in [-0.2, -0.15) is 4.99 Å². The van der Waals surface area contributed by atoms with Gasteiger partial charge in [0.25, 0.3) is 5.91 Å². The van der Waals surface area contributed by atoms with Crippen LogP contribution in [-0.4, -0.2) is 79.7 Å². The molecule has 3 aliphatic rings. The number of carbonyl (C=O) groups excluding carboxylic acids is 1. The van der Waals surface area contributed by atoms with E-state index in [2.05, 4.69) is 15.0 Å². The minimum atomic E-state index is -1.04. The third-order valence-electron chi connectivity index (χ3n) is 7.61. The van der Waals surface area contributed by atoms with E-state index in [1.807, 2.05) is 78.9 Å². The predicted octanol–water partition coefficient (Wildman–Crippen LogP) is 3.17. The summed E-state index contributed by atoms with van der Waals surface area (Å²) in [7, 11) is 3.26. The fraction of sp³-hybridized carbons (Fsp3) is 0.290. The third kappa shape index (κ3) is 4.90. The SMILES string of the molecule is COc1ccc(C(OC[C@H]2O[C@@H](N3C=NC4C(=O)N=CN=C43)C[C@@H]2O)(c2ccccc2)c2ccc(OC)cc2)cc1. The fourth-order valence-corrected chi connectivity index (χ4v) is 5.47. The van der Waals surface area contributed by atoms with Crippen LogP contribution in [0.15, 0.2) is 93.8 Å². The van der Waals surface area contributed by atoms with Crippen molar-refractivity contribution < 1.29 is 28.8 Å². The Morgan fingerprint density at radius 1 is 0.927 bits per heavy atom. The first-order valence-corrected chi connectivity index (χ1v) is 13.3. The molecule has 1 fully saturated rings. The van der Waals surface area contributed by atoms with Crippen LogP contribution in [0.4, 0.5) is 0 Å². The van der Waals surface area contributed by atoms with Gasteiger partial charge in [0.05, 0.1) is 33.3 Å². The lowest BCUT2D eigenvalue weighted by atomic mass is 9.80. The van der Waals surface area contributed by atoms with E-state index in [4.69, 9.17) is 18.9 Å². The molecular formula is C31H30N4O6. The Balaban J connectivity index is 1.33. The van der Waals surface area contributed by atoms with Crippen molar-refractivity contribution in [3.05, 3.63) is 95.6 Å². The van der Waals surface area contributed by atoms with E-state index in [0.717, 1.165) is 28.2 Å². The first-order chi connectivity index (χ1) is 20.0. The van der Waals surface area contributed by atoms with Gasteiger partial charge in [-0.25, -0.2) is 4.99 Å². The number of aliphatic hydroxyl groups excluding tert-OH is 1. The highest BCUT2D eigenvalue weighted by Gasteiger charge is 2.45. The summed E-state index contributed by atoms with van der Waals surface area (Å²) >= 11 is 0. The average molecular weight is 555 g/mol. The van der Waals surface area contributed by atoms with E-state index in [-0.39, 0.29) is 12.5 Å². The number of methoxy groups -OCH3 is 2.